The Balaban J connectivity index is 1.57. The second kappa shape index (κ2) is 7.60. The minimum Gasteiger partial charge on any atom is -0.336 e. The highest BCUT2D eigenvalue weighted by atomic mass is 32.1. The van der Waals surface area contributed by atoms with Gasteiger partial charge < -0.3 is 4.90 Å². The Hall–Kier alpha value is -1.87. The first-order valence-electron chi connectivity index (χ1n) is 8.31. The van der Waals surface area contributed by atoms with Crippen molar-refractivity contribution in [3.05, 3.63) is 63.9 Å². The highest BCUT2D eigenvalue weighted by molar-refractivity contribution is 7.12. The van der Waals surface area contributed by atoms with Crippen LogP contribution in [0.4, 0.5) is 0 Å². The van der Waals surface area contributed by atoms with Crippen molar-refractivity contribution in [3.8, 4) is 0 Å². The van der Waals surface area contributed by atoms with Gasteiger partial charge in [-0.25, -0.2) is 0 Å². The molecule has 0 spiro atoms. The summed E-state index contributed by atoms with van der Waals surface area (Å²) in [6, 6.07) is 15.1. The Labute approximate surface area is 142 Å². The minimum atomic E-state index is 0.159. The van der Waals surface area contributed by atoms with Gasteiger partial charge in [0, 0.05) is 28.4 Å². The van der Waals surface area contributed by atoms with Crippen LogP contribution in [-0.2, 0) is 11.2 Å². The molecule has 1 fully saturated rings. The molecule has 2 heterocycles. The van der Waals surface area contributed by atoms with Crippen LogP contribution in [0, 0.1) is 6.92 Å². The van der Waals surface area contributed by atoms with E-state index in [2.05, 4.69) is 48.2 Å². The van der Waals surface area contributed by atoms with E-state index >= 15 is 0 Å². The summed E-state index contributed by atoms with van der Waals surface area (Å²) >= 11 is 1.72. The van der Waals surface area contributed by atoms with Crippen LogP contribution in [0.2, 0.25) is 0 Å². The molecule has 23 heavy (non-hydrogen) atoms. The van der Waals surface area contributed by atoms with Crippen LogP contribution in [0.15, 0.2) is 48.5 Å². The predicted molar refractivity (Wildman–Crippen MR) is 97.6 cm³/mol. The van der Waals surface area contributed by atoms with E-state index in [9.17, 15) is 4.79 Å². The van der Waals surface area contributed by atoms with E-state index in [0.717, 1.165) is 37.1 Å². The standard InChI is InChI=1S/C20H23NOS/c1-16-9-12-19(23-16)13-14-20(22)21-15-5-8-18(21)11-10-17-6-3-2-4-7-17/h2-4,6-7,9,12-14,18H,5,8,10-11,15H2,1H3/b14-13+. The van der Waals surface area contributed by atoms with Crippen molar-refractivity contribution in [2.75, 3.05) is 6.54 Å². The lowest BCUT2D eigenvalue weighted by Gasteiger charge is -2.23. The van der Waals surface area contributed by atoms with E-state index in [1.807, 2.05) is 12.1 Å². The monoisotopic (exact) mass is 325 g/mol. The van der Waals surface area contributed by atoms with Crippen LogP contribution >= 0.6 is 11.3 Å². The number of likely N-dealkylation sites (tertiary alicyclic amines) is 1. The molecule has 1 atom stereocenters. The van der Waals surface area contributed by atoms with Crippen molar-refractivity contribution in [1.82, 2.24) is 4.90 Å². The largest absolute Gasteiger partial charge is 0.336 e. The normalized spacial score (nSPS) is 18.0. The van der Waals surface area contributed by atoms with Crippen LogP contribution in [0.25, 0.3) is 6.08 Å². The average molecular weight is 325 g/mol. The smallest absolute Gasteiger partial charge is 0.246 e. The van der Waals surface area contributed by atoms with Crippen molar-refractivity contribution in [1.29, 1.82) is 0 Å². The molecule has 1 aromatic heterocycles. The number of carbonyl (C=O) groups excluding carboxylic acids is 1. The number of nitrogens with zero attached hydrogens (tertiary/aromatic N) is 1. The minimum absolute atomic E-state index is 0.159. The van der Waals surface area contributed by atoms with Gasteiger partial charge in [0.1, 0.15) is 0 Å². The Bertz CT molecular complexity index is 674. The third-order valence-electron chi connectivity index (χ3n) is 4.42. The SMILES string of the molecule is Cc1ccc(/C=C/C(=O)N2CCCC2CCc2ccccc2)s1. The number of benzene rings is 1. The van der Waals surface area contributed by atoms with Crippen LogP contribution in [0.3, 0.4) is 0 Å². The lowest BCUT2D eigenvalue weighted by Crippen LogP contribution is -2.34. The van der Waals surface area contributed by atoms with Gasteiger partial charge >= 0.3 is 0 Å². The molecule has 1 unspecified atom stereocenters. The number of thiophene rings is 1. The zero-order valence-electron chi connectivity index (χ0n) is 13.6. The fraction of sp³-hybridized carbons (Fsp3) is 0.350. The highest BCUT2D eigenvalue weighted by Crippen LogP contribution is 2.23. The molecule has 3 rings (SSSR count). The highest BCUT2D eigenvalue weighted by Gasteiger charge is 2.26. The summed E-state index contributed by atoms with van der Waals surface area (Å²) in [7, 11) is 0. The topological polar surface area (TPSA) is 20.3 Å². The van der Waals surface area contributed by atoms with Crippen molar-refractivity contribution in [3.63, 3.8) is 0 Å². The first-order chi connectivity index (χ1) is 11.2. The first kappa shape index (κ1) is 16.0. The molecule has 1 aromatic carbocycles. The number of aryl methyl sites for hydroxylation is 2. The number of rotatable bonds is 5. The van der Waals surface area contributed by atoms with E-state index in [0.29, 0.717) is 6.04 Å². The molecule has 3 heteroatoms. The van der Waals surface area contributed by atoms with Gasteiger partial charge in [0.2, 0.25) is 5.91 Å². The number of carbonyl (C=O) groups is 1. The summed E-state index contributed by atoms with van der Waals surface area (Å²) in [5.74, 6) is 0.159. The molecule has 1 saturated heterocycles. The van der Waals surface area contributed by atoms with E-state index in [1.165, 1.54) is 10.4 Å². The summed E-state index contributed by atoms with van der Waals surface area (Å²) in [6.07, 6.45) is 8.05. The van der Waals surface area contributed by atoms with E-state index in [4.69, 9.17) is 0 Å². The van der Waals surface area contributed by atoms with Crippen molar-refractivity contribution < 1.29 is 4.79 Å². The van der Waals surface area contributed by atoms with E-state index < -0.39 is 0 Å². The summed E-state index contributed by atoms with van der Waals surface area (Å²) in [6.45, 7) is 2.98. The number of amides is 1. The molecule has 0 bridgehead atoms. The van der Waals surface area contributed by atoms with Gasteiger partial charge in [-0.05, 0) is 56.4 Å². The number of hydrogen-bond acceptors (Lipinski definition) is 2. The Morgan fingerprint density at radius 2 is 2.09 bits per heavy atom. The average Bonchev–Trinajstić information content (AvgIpc) is 3.20. The molecular weight excluding hydrogens is 302 g/mol. The predicted octanol–water partition coefficient (Wildman–Crippen LogP) is 4.69. The summed E-state index contributed by atoms with van der Waals surface area (Å²) < 4.78 is 0. The van der Waals surface area contributed by atoms with Gasteiger partial charge in [-0.1, -0.05) is 30.3 Å². The molecular formula is C20H23NOS. The molecule has 2 aromatic rings. The molecule has 1 amide bonds. The van der Waals surface area contributed by atoms with Gasteiger partial charge in [-0.15, -0.1) is 11.3 Å². The third kappa shape index (κ3) is 4.32. The van der Waals surface area contributed by atoms with Gasteiger partial charge in [0.05, 0.1) is 0 Å². The molecule has 120 valence electrons. The maximum atomic E-state index is 12.5. The Kier molecular flexibility index (Phi) is 5.29. The molecule has 2 nitrogen and oxygen atoms in total. The zero-order valence-corrected chi connectivity index (χ0v) is 14.4. The van der Waals surface area contributed by atoms with Gasteiger partial charge in [0.25, 0.3) is 0 Å². The molecule has 0 radical (unpaired) electrons. The Morgan fingerprint density at radius 1 is 1.26 bits per heavy atom. The molecule has 0 aliphatic carbocycles. The Morgan fingerprint density at radius 3 is 2.83 bits per heavy atom. The summed E-state index contributed by atoms with van der Waals surface area (Å²) in [5.41, 5.74) is 1.36. The maximum Gasteiger partial charge on any atom is 0.246 e. The second-order valence-corrected chi connectivity index (χ2v) is 7.45. The summed E-state index contributed by atoms with van der Waals surface area (Å²) in [5, 5.41) is 0. The molecule has 1 aliphatic heterocycles. The van der Waals surface area contributed by atoms with Crippen molar-refractivity contribution in [2.45, 2.75) is 38.6 Å². The second-order valence-electron chi connectivity index (χ2n) is 6.13. The van der Waals surface area contributed by atoms with Gasteiger partial charge in [-0.2, -0.15) is 0 Å². The lowest BCUT2D eigenvalue weighted by atomic mass is 10.0. The zero-order chi connectivity index (χ0) is 16.1. The van der Waals surface area contributed by atoms with E-state index in [1.54, 1.807) is 17.4 Å². The van der Waals surface area contributed by atoms with Gasteiger partial charge in [-0.3, -0.25) is 4.79 Å². The fourth-order valence-electron chi connectivity index (χ4n) is 3.20. The van der Waals surface area contributed by atoms with Crippen molar-refractivity contribution in [2.24, 2.45) is 0 Å². The molecule has 0 N–H and O–H groups in total. The van der Waals surface area contributed by atoms with Crippen LogP contribution < -0.4 is 0 Å². The fourth-order valence-corrected chi connectivity index (χ4v) is 3.98. The first-order valence-corrected chi connectivity index (χ1v) is 9.13. The van der Waals surface area contributed by atoms with Crippen LogP contribution in [0.1, 0.15) is 34.6 Å². The maximum absolute atomic E-state index is 12.5. The van der Waals surface area contributed by atoms with Gasteiger partial charge in [0.15, 0.2) is 0 Å². The molecule has 1 aliphatic rings. The third-order valence-corrected chi connectivity index (χ3v) is 5.39. The lowest BCUT2D eigenvalue weighted by molar-refractivity contribution is -0.126. The van der Waals surface area contributed by atoms with Crippen LogP contribution in [-0.4, -0.2) is 23.4 Å². The van der Waals surface area contributed by atoms with Crippen molar-refractivity contribution >= 4 is 23.3 Å². The summed E-state index contributed by atoms with van der Waals surface area (Å²) in [4.78, 5) is 17.0. The van der Waals surface area contributed by atoms with Crippen LogP contribution in [0.5, 0.6) is 0 Å². The quantitative estimate of drug-likeness (QED) is 0.730. The number of hydrogen-bond donors (Lipinski definition) is 0. The van der Waals surface area contributed by atoms with E-state index in [-0.39, 0.29) is 5.91 Å². The molecule has 0 saturated carbocycles.